The van der Waals surface area contributed by atoms with Crippen LogP contribution in [0.1, 0.15) is 22.6 Å². The van der Waals surface area contributed by atoms with Gasteiger partial charge in [0.15, 0.2) is 12.1 Å². The number of hydrogen-bond donors (Lipinski definition) is 2. The molecule has 6 heteroatoms. The van der Waals surface area contributed by atoms with Crippen LogP contribution in [0, 0.1) is 0 Å². The second-order valence-corrected chi connectivity index (χ2v) is 4.76. The van der Waals surface area contributed by atoms with Gasteiger partial charge in [0.25, 0.3) is 0 Å². The number of nitrogens with zero attached hydrogens (tertiary/aromatic N) is 1. The quantitative estimate of drug-likeness (QED) is 0.705. The van der Waals surface area contributed by atoms with Crippen LogP contribution in [0.3, 0.4) is 0 Å². The van der Waals surface area contributed by atoms with Crippen molar-refractivity contribution >= 4 is 6.29 Å². The van der Waals surface area contributed by atoms with Gasteiger partial charge in [-0.1, -0.05) is 0 Å². The number of rotatable bonds is 2. The molecular formula is C12H15NO5. The first kappa shape index (κ1) is 11.9. The van der Waals surface area contributed by atoms with Gasteiger partial charge in [-0.25, -0.2) is 0 Å². The van der Waals surface area contributed by atoms with Crippen molar-refractivity contribution < 1.29 is 24.5 Å². The van der Waals surface area contributed by atoms with Crippen molar-refractivity contribution in [3.63, 3.8) is 0 Å². The first-order valence-corrected chi connectivity index (χ1v) is 5.92. The highest BCUT2D eigenvalue weighted by Crippen LogP contribution is 2.37. The second kappa shape index (κ2) is 4.17. The lowest BCUT2D eigenvalue weighted by molar-refractivity contribution is -0.255. The normalized spacial score (nSPS) is 34.8. The third kappa shape index (κ3) is 1.69. The summed E-state index contributed by atoms with van der Waals surface area (Å²) in [5, 5.41) is 18.9. The average molecular weight is 253 g/mol. The van der Waals surface area contributed by atoms with Crippen molar-refractivity contribution in [2.24, 2.45) is 0 Å². The van der Waals surface area contributed by atoms with E-state index in [1.165, 1.54) is 0 Å². The maximum atomic E-state index is 10.9. The Morgan fingerprint density at radius 1 is 1.56 bits per heavy atom. The second-order valence-electron chi connectivity index (χ2n) is 4.76. The number of carbonyl (C=O) groups is 1. The SMILES string of the molecule is O=Cc1ccc2n1CC1(CC(O)C(CO)O1)OC2. The molecular weight excluding hydrogens is 238 g/mol. The molecule has 3 heterocycles. The molecule has 1 aromatic rings. The van der Waals surface area contributed by atoms with Crippen LogP contribution in [0.5, 0.6) is 0 Å². The van der Waals surface area contributed by atoms with Crippen molar-refractivity contribution in [3.05, 3.63) is 23.5 Å². The molecule has 18 heavy (non-hydrogen) atoms. The summed E-state index contributed by atoms with van der Waals surface area (Å²) in [7, 11) is 0. The first-order chi connectivity index (χ1) is 8.67. The Labute approximate surface area is 104 Å². The zero-order valence-electron chi connectivity index (χ0n) is 9.78. The van der Waals surface area contributed by atoms with Crippen molar-refractivity contribution in [1.29, 1.82) is 0 Å². The number of hydrogen-bond acceptors (Lipinski definition) is 5. The van der Waals surface area contributed by atoms with Gasteiger partial charge in [-0.2, -0.15) is 0 Å². The number of ether oxygens (including phenoxy) is 2. The summed E-state index contributed by atoms with van der Waals surface area (Å²) < 4.78 is 13.1. The lowest BCUT2D eigenvalue weighted by atomic mass is 10.1. The molecule has 3 rings (SSSR count). The van der Waals surface area contributed by atoms with Crippen LogP contribution in [-0.4, -0.2) is 45.7 Å². The Kier molecular flexibility index (Phi) is 2.74. The minimum Gasteiger partial charge on any atom is -0.394 e. The van der Waals surface area contributed by atoms with E-state index >= 15 is 0 Å². The molecule has 6 nitrogen and oxygen atoms in total. The van der Waals surface area contributed by atoms with Crippen LogP contribution in [-0.2, 0) is 22.6 Å². The first-order valence-electron chi connectivity index (χ1n) is 5.92. The van der Waals surface area contributed by atoms with Gasteiger partial charge in [-0.15, -0.1) is 0 Å². The summed E-state index contributed by atoms with van der Waals surface area (Å²) in [4.78, 5) is 10.9. The van der Waals surface area contributed by atoms with Crippen molar-refractivity contribution in [1.82, 2.24) is 4.57 Å². The van der Waals surface area contributed by atoms with Crippen LogP contribution in [0.15, 0.2) is 12.1 Å². The highest BCUT2D eigenvalue weighted by Gasteiger charge is 2.49. The zero-order chi connectivity index (χ0) is 12.8. The fraction of sp³-hybridized carbons (Fsp3) is 0.583. The van der Waals surface area contributed by atoms with Gasteiger partial charge in [-0.3, -0.25) is 4.79 Å². The van der Waals surface area contributed by atoms with Gasteiger partial charge in [-0.05, 0) is 12.1 Å². The molecule has 2 N–H and O–H groups in total. The molecule has 0 radical (unpaired) electrons. The Morgan fingerprint density at radius 2 is 2.39 bits per heavy atom. The summed E-state index contributed by atoms with van der Waals surface area (Å²) in [6.45, 7) is 0.445. The van der Waals surface area contributed by atoms with E-state index in [2.05, 4.69) is 0 Å². The topological polar surface area (TPSA) is 80.9 Å². The standard InChI is InChI=1S/C12H15NO5/c14-4-8-1-2-9-6-17-12(7-13(8)9)3-10(16)11(5-15)18-12/h1-2,4,10-11,15-16H,3,5-7H2. The van der Waals surface area contributed by atoms with Crippen molar-refractivity contribution in [2.75, 3.05) is 6.61 Å². The van der Waals surface area contributed by atoms with Crippen LogP contribution in [0.25, 0.3) is 0 Å². The molecule has 2 aliphatic heterocycles. The third-order valence-corrected chi connectivity index (χ3v) is 3.60. The minimum atomic E-state index is -0.934. The molecule has 3 atom stereocenters. The molecule has 2 aliphatic rings. The third-order valence-electron chi connectivity index (χ3n) is 3.60. The molecule has 0 aromatic carbocycles. The van der Waals surface area contributed by atoms with E-state index in [4.69, 9.17) is 14.6 Å². The van der Waals surface area contributed by atoms with E-state index in [0.29, 0.717) is 25.3 Å². The van der Waals surface area contributed by atoms with Gasteiger partial charge in [0.2, 0.25) is 0 Å². The van der Waals surface area contributed by atoms with E-state index < -0.39 is 18.0 Å². The smallest absolute Gasteiger partial charge is 0.189 e. The molecule has 98 valence electrons. The number of aldehydes is 1. The molecule has 1 spiro atoms. The number of fused-ring (bicyclic) bond motifs is 1. The molecule has 3 unspecified atom stereocenters. The van der Waals surface area contributed by atoms with Gasteiger partial charge >= 0.3 is 0 Å². The van der Waals surface area contributed by atoms with Gasteiger partial charge in [0.05, 0.1) is 31.6 Å². The number of aliphatic hydroxyl groups is 2. The van der Waals surface area contributed by atoms with Gasteiger partial charge in [0.1, 0.15) is 6.10 Å². The monoisotopic (exact) mass is 253 g/mol. The highest BCUT2D eigenvalue weighted by atomic mass is 16.7. The summed E-state index contributed by atoms with van der Waals surface area (Å²) in [6, 6.07) is 3.57. The van der Waals surface area contributed by atoms with Crippen molar-refractivity contribution in [3.8, 4) is 0 Å². The van der Waals surface area contributed by atoms with Crippen molar-refractivity contribution in [2.45, 2.75) is 37.6 Å². The van der Waals surface area contributed by atoms with E-state index in [0.717, 1.165) is 12.0 Å². The number of carbonyl (C=O) groups excluding carboxylic acids is 1. The van der Waals surface area contributed by atoms with E-state index in [1.54, 1.807) is 6.07 Å². The lowest BCUT2D eigenvalue weighted by Crippen LogP contribution is -2.42. The van der Waals surface area contributed by atoms with Gasteiger partial charge < -0.3 is 24.3 Å². The predicted octanol–water partition coefficient (Wildman–Crippen LogP) is -0.331. The minimum absolute atomic E-state index is 0.245. The summed E-state index contributed by atoms with van der Waals surface area (Å²) in [5.41, 5.74) is 1.48. The van der Waals surface area contributed by atoms with E-state index in [9.17, 15) is 9.90 Å². The zero-order valence-corrected chi connectivity index (χ0v) is 9.78. The molecule has 1 aromatic heterocycles. The Morgan fingerprint density at radius 3 is 3.06 bits per heavy atom. The Balaban J connectivity index is 1.88. The fourth-order valence-corrected chi connectivity index (χ4v) is 2.65. The highest BCUT2D eigenvalue weighted by molar-refractivity contribution is 5.72. The molecule has 1 saturated heterocycles. The summed E-state index contributed by atoms with van der Waals surface area (Å²) in [5.74, 6) is -0.934. The lowest BCUT2D eigenvalue weighted by Gasteiger charge is -2.35. The van der Waals surface area contributed by atoms with E-state index in [1.807, 2.05) is 10.6 Å². The van der Waals surface area contributed by atoms with E-state index in [-0.39, 0.29) is 6.61 Å². The Bertz CT molecular complexity index is 471. The fourth-order valence-electron chi connectivity index (χ4n) is 2.65. The Hall–Kier alpha value is -1.21. The van der Waals surface area contributed by atoms with Crippen LogP contribution in [0.2, 0.25) is 0 Å². The van der Waals surface area contributed by atoms with Crippen LogP contribution in [0.4, 0.5) is 0 Å². The number of aliphatic hydroxyl groups excluding tert-OH is 2. The van der Waals surface area contributed by atoms with Crippen LogP contribution >= 0.6 is 0 Å². The average Bonchev–Trinajstić information content (AvgIpc) is 2.90. The predicted molar refractivity (Wildman–Crippen MR) is 59.9 cm³/mol. The molecule has 0 bridgehead atoms. The number of aromatic nitrogens is 1. The summed E-state index contributed by atoms with van der Waals surface area (Å²) >= 11 is 0. The van der Waals surface area contributed by atoms with Crippen LogP contribution < -0.4 is 0 Å². The molecule has 0 amide bonds. The molecule has 1 fully saturated rings. The summed E-state index contributed by atoms with van der Waals surface area (Å²) in [6.07, 6.45) is -0.278. The largest absolute Gasteiger partial charge is 0.394 e. The molecule has 0 aliphatic carbocycles. The molecule has 0 saturated carbocycles. The maximum Gasteiger partial charge on any atom is 0.189 e. The van der Waals surface area contributed by atoms with Gasteiger partial charge in [0, 0.05) is 12.1 Å². The maximum absolute atomic E-state index is 10.9.